The van der Waals surface area contributed by atoms with Gasteiger partial charge in [0.15, 0.2) is 5.96 Å². The minimum Gasteiger partial charge on any atom is -0.357 e. The summed E-state index contributed by atoms with van der Waals surface area (Å²) in [5.74, 6) is 2.46. The standard InChI is InChI=1S/C23H39N7O/c1-4-24-21(28-18-23(8-5-9-23)17-19(2)3)25-12-7-20(31)29-13-15-30(16-14-29)22-26-10-6-11-27-22/h6,10-11,19H,4-5,7-9,12-18H2,1-3H3,(H2,24,25,28). The van der Waals surface area contributed by atoms with Crippen molar-refractivity contribution in [2.24, 2.45) is 16.3 Å². The van der Waals surface area contributed by atoms with E-state index >= 15 is 0 Å². The highest BCUT2D eigenvalue weighted by Gasteiger charge is 2.37. The molecule has 1 aromatic rings. The molecule has 1 saturated heterocycles. The summed E-state index contributed by atoms with van der Waals surface area (Å²) >= 11 is 0. The first kappa shape index (κ1) is 23.3. The predicted octanol–water partition coefficient (Wildman–Crippen LogP) is 2.29. The van der Waals surface area contributed by atoms with Crippen molar-refractivity contribution in [3.05, 3.63) is 18.5 Å². The molecule has 8 nitrogen and oxygen atoms in total. The molecule has 1 aliphatic heterocycles. The van der Waals surface area contributed by atoms with Gasteiger partial charge < -0.3 is 20.4 Å². The fraction of sp³-hybridized carbons (Fsp3) is 0.739. The number of nitrogens with zero attached hydrogens (tertiary/aromatic N) is 5. The first-order chi connectivity index (χ1) is 15.0. The van der Waals surface area contributed by atoms with Gasteiger partial charge in [-0.25, -0.2) is 9.97 Å². The Labute approximate surface area is 186 Å². The van der Waals surface area contributed by atoms with E-state index in [2.05, 4.69) is 46.3 Å². The maximum absolute atomic E-state index is 12.7. The summed E-state index contributed by atoms with van der Waals surface area (Å²) in [5, 5.41) is 6.69. The van der Waals surface area contributed by atoms with Crippen LogP contribution in [0.15, 0.2) is 23.5 Å². The minimum atomic E-state index is 0.187. The number of carbonyl (C=O) groups excluding carboxylic acids is 1. The highest BCUT2D eigenvalue weighted by atomic mass is 16.2. The van der Waals surface area contributed by atoms with Crippen molar-refractivity contribution in [3.63, 3.8) is 0 Å². The van der Waals surface area contributed by atoms with Gasteiger partial charge >= 0.3 is 0 Å². The SMILES string of the molecule is CCNC(=NCC1(CC(C)C)CCC1)NCCC(=O)N1CCN(c2ncccn2)CC1. The number of hydrogen-bond acceptors (Lipinski definition) is 5. The van der Waals surface area contributed by atoms with Gasteiger partial charge in [0.2, 0.25) is 11.9 Å². The third-order valence-electron chi connectivity index (χ3n) is 6.27. The number of guanidine groups is 1. The van der Waals surface area contributed by atoms with Gasteiger partial charge in [-0.05, 0) is 43.6 Å². The zero-order valence-electron chi connectivity index (χ0n) is 19.4. The van der Waals surface area contributed by atoms with Gasteiger partial charge in [0.25, 0.3) is 0 Å². The number of rotatable bonds is 9. The molecule has 2 N–H and O–H groups in total. The van der Waals surface area contributed by atoms with Crippen molar-refractivity contribution < 1.29 is 4.79 Å². The van der Waals surface area contributed by atoms with Crippen molar-refractivity contribution in [1.29, 1.82) is 0 Å². The maximum atomic E-state index is 12.7. The van der Waals surface area contributed by atoms with Crippen LogP contribution in [0.2, 0.25) is 0 Å². The summed E-state index contributed by atoms with van der Waals surface area (Å²) in [6, 6.07) is 1.82. The Kier molecular flexibility index (Phi) is 8.49. The molecular formula is C23H39N7O. The van der Waals surface area contributed by atoms with Crippen LogP contribution in [0.25, 0.3) is 0 Å². The number of aliphatic imine (C=N–C) groups is 1. The van der Waals surface area contributed by atoms with E-state index in [1.165, 1.54) is 25.7 Å². The Hall–Kier alpha value is -2.38. The van der Waals surface area contributed by atoms with Gasteiger partial charge in [-0.1, -0.05) is 20.3 Å². The summed E-state index contributed by atoms with van der Waals surface area (Å²) in [7, 11) is 0. The smallest absolute Gasteiger partial charge is 0.225 e. The summed E-state index contributed by atoms with van der Waals surface area (Å²) in [4.78, 5) is 30.2. The van der Waals surface area contributed by atoms with Gasteiger partial charge in [0.05, 0.1) is 0 Å². The van der Waals surface area contributed by atoms with Crippen LogP contribution in [-0.2, 0) is 4.79 Å². The lowest BCUT2D eigenvalue weighted by Crippen LogP contribution is -2.50. The number of nitrogens with one attached hydrogen (secondary N) is 2. The second kappa shape index (κ2) is 11.3. The van der Waals surface area contributed by atoms with Gasteiger partial charge in [-0.2, -0.15) is 0 Å². The monoisotopic (exact) mass is 429 g/mol. The lowest BCUT2D eigenvalue weighted by molar-refractivity contribution is -0.131. The maximum Gasteiger partial charge on any atom is 0.225 e. The Balaban J connectivity index is 1.41. The number of aromatic nitrogens is 2. The molecule has 2 heterocycles. The molecule has 172 valence electrons. The molecule has 1 amide bonds. The molecule has 0 unspecified atom stereocenters. The van der Waals surface area contributed by atoms with Crippen LogP contribution in [0.5, 0.6) is 0 Å². The number of anilines is 1. The molecule has 0 aromatic carbocycles. The fourth-order valence-electron chi connectivity index (χ4n) is 4.61. The highest BCUT2D eigenvalue weighted by molar-refractivity contribution is 5.81. The molecule has 0 atom stereocenters. The van der Waals surface area contributed by atoms with Crippen molar-refractivity contribution >= 4 is 17.8 Å². The van der Waals surface area contributed by atoms with Crippen LogP contribution in [-0.4, -0.2) is 72.5 Å². The van der Waals surface area contributed by atoms with E-state index in [4.69, 9.17) is 4.99 Å². The first-order valence-corrected chi connectivity index (χ1v) is 11.8. The zero-order chi connectivity index (χ0) is 22.1. The summed E-state index contributed by atoms with van der Waals surface area (Å²) in [6.45, 7) is 11.9. The molecule has 3 rings (SSSR count). The molecule has 0 bridgehead atoms. The summed E-state index contributed by atoms with van der Waals surface area (Å²) < 4.78 is 0. The Morgan fingerprint density at radius 2 is 1.87 bits per heavy atom. The lowest BCUT2D eigenvalue weighted by Gasteiger charge is -2.42. The van der Waals surface area contributed by atoms with Gasteiger partial charge in [-0.15, -0.1) is 0 Å². The minimum absolute atomic E-state index is 0.187. The molecule has 1 saturated carbocycles. The van der Waals surface area contributed by atoms with E-state index < -0.39 is 0 Å². The average molecular weight is 430 g/mol. The van der Waals surface area contributed by atoms with Crippen LogP contribution >= 0.6 is 0 Å². The second-order valence-corrected chi connectivity index (χ2v) is 9.24. The zero-order valence-corrected chi connectivity index (χ0v) is 19.4. The van der Waals surface area contributed by atoms with Crippen LogP contribution < -0.4 is 15.5 Å². The van der Waals surface area contributed by atoms with E-state index in [0.29, 0.717) is 37.4 Å². The normalized spacial score (nSPS) is 18.6. The van der Waals surface area contributed by atoms with Crippen LogP contribution in [0.1, 0.15) is 52.9 Å². The molecule has 31 heavy (non-hydrogen) atoms. The predicted molar refractivity (Wildman–Crippen MR) is 125 cm³/mol. The summed E-state index contributed by atoms with van der Waals surface area (Å²) in [5.41, 5.74) is 0.383. The largest absolute Gasteiger partial charge is 0.357 e. The highest BCUT2D eigenvalue weighted by Crippen LogP contribution is 2.46. The van der Waals surface area contributed by atoms with E-state index in [1.54, 1.807) is 12.4 Å². The molecule has 1 aliphatic carbocycles. The van der Waals surface area contributed by atoms with E-state index in [9.17, 15) is 4.79 Å². The molecule has 8 heteroatoms. The quantitative estimate of drug-likeness (QED) is 0.463. The lowest BCUT2D eigenvalue weighted by atomic mass is 9.64. The number of amides is 1. The first-order valence-electron chi connectivity index (χ1n) is 11.8. The van der Waals surface area contributed by atoms with E-state index in [1.807, 2.05) is 11.0 Å². The van der Waals surface area contributed by atoms with Crippen molar-refractivity contribution in [2.75, 3.05) is 50.7 Å². The molecule has 0 radical (unpaired) electrons. The third kappa shape index (κ3) is 6.80. The van der Waals surface area contributed by atoms with Gasteiger partial charge in [-0.3, -0.25) is 9.79 Å². The number of piperazine rings is 1. The third-order valence-corrected chi connectivity index (χ3v) is 6.27. The number of hydrogen-bond donors (Lipinski definition) is 2. The fourth-order valence-corrected chi connectivity index (χ4v) is 4.61. The summed E-state index contributed by atoms with van der Waals surface area (Å²) in [6.07, 6.45) is 9.12. The van der Waals surface area contributed by atoms with Crippen LogP contribution in [0.4, 0.5) is 5.95 Å². The van der Waals surface area contributed by atoms with Gasteiger partial charge in [0, 0.05) is 64.6 Å². The Morgan fingerprint density at radius 3 is 2.45 bits per heavy atom. The second-order valence-electron chi connectivity index (χ2n) is 9.24. The van der Waals surface area contributed by atoms with E-state index in [0.717, 1.165) is 38.1 Å². The molecular weight excluding hydrogens is 390 g/mol. The molecule has 2 fully saturated rings. The number of carbonyl (C=O) groups is 1. The molecule has 2 aliphatic rings. The topological polar surface area (TPSA) is 85.8 Å². The Bertz CT molecular complexity index is 710. The Morgan fingerprint density at radius 1 is 1.16 bits per heavy atom. The van der Waals surface area contributed by atoms with Crippen molar-refractivity contribution in [3.8, 4) is 0 Å². The van der Waals surface area contributed by atoms with Gasteiger partial charge in [0.1, 0.15) is 0 Å². The van der Waals surface area contributed by atoms with E-state index in [-0.39, 0.29) is 5.91 Å². The van der Waals surface area contributed by atoms with Crippen LogP contribution in [0, 0.1) is 11.3 Å². The molecule has 0 spiro atoms. The van der Waals surface area contributed by atoms with Crippen molar-refractivity contribution in [1.82, 2.24) is 25.5 Å². The van der Waals surface area contributed by atoms with Crippen molar-refractivity contribution in [2.45, 2.75) is 52.9 Å². The van der Waals surface area contributed by atoms with Crippen LogP contribution in [0.3, 0.4) is 0 Å². The molecule has 1 aromatic heterocycles. The average Bonchev–Trinajstić information content (AvgIpc) is 2.75.